The van der Waals surface area contributed by atoms with Gasteiger partial charge < -0.3 is 10.2 Å². The molecule has 1 aromatic carbocycles. The number of carbonyl (C=O) groups is 1. The molecular formula is C13H17ClN4O. The van der Waals surface area contributed by atoms with E-state index in [9.17, 15) is 4.79 Å². The number of aromatic nitrogens is 2. The lowest BCUT2D eigenvalue weighted by Gasteiger charge is -2.31. The Balaban J connectivity index is 0.00000133. The van der Waals surface area contributed by atoms with Crippen molar-refractivity contribution in [3.8, 4) is 0 Å². The smallest absolute Gasteiger partial charge is 0.275 e. The van der Waals surface area contributed by atoms with Crippen molar-refractivity contribution in [3.63, 3.8) is 0 Å². The Morgan fingerprint density at radius 3 is 3.00 bits per heavy atom. The minimum absolute atomic E-state index is 0. The molecule has 0 saturated carbocycles. The average Bonchev–Trinajstić information content (AvgIpc) is 2.82. The highest BCUT2D eigenvalue weighted by Gasteiger charge is 2.24. The second-order valence-electron chi connectivity index (χ2n) is 4.72. The van der Waals surface area contributed by atoms with Gasteiger partial charge in [0.05, 0.1) is 5.52 Å². The summed E-state index contributed by atoms with van der Waals surface area (Å²) < 4.78 is 0. The zero-order valence-corrected chi connectivity index (χ0v) is 11.5. The zero-order chi connectivity index (χ0) is 12.5. The summed E-state index contributed by atoms with van der Waals surface area (Å²) in [7, 11) is 0. The van der Waals surface area contributed by atoms with Crippen molar-refractivity contribution >= 4 is 29.2 Å². The molecule has 0 bridgehead atoms. The molecule has 2 N–H and O–H groups in total. The number of nitrogens with zero attached hydrogens (tertiary/aromatic N) is 2. The lowest BCUT2D eigenvalue weighted by atomic mass is 10.1. The summed E-state index contributed by atoms with van der Waals surface area (Å²) in [5.74, 6) is 0.0146. The first-order valence-corrected chi connectivity index (χ1v) is 6.21. The standard InChI is InChI=1S/C13H16N4O.ClH/c1-9-8-17(7-6-14-9)13(18)12-10-4-2-3-5-11(10)15-16-12;/h2-5,9,14H,6-8H2,1H3,(H,15,16);1H. The van der Waals surface area contributed by atoms with Crippen molar-refractivity contribution in [3.05, 3.63) is 30.0 Å². The van der Waals surface area contributed by atoms with Crippen LogP contribution in [0.1, 0.15) is 17.4 Å². The summed E-state index contributed by atoms with van der Waals surface area (Å²) in [6, 6.07) is 8.06. The van der Waals surface area contributed by atoms with Gasteiger partial charge in [-0.3, -0.25) is 9.89 Å². The Morgan fingerprint density at radius 2 is 2.21 bits per heavy atom. The van der Waals surface area contributed by atoms with E-state index in [2.05, 4.69) is 22.4 Å². The Bertz CT molecular complexity index is 583. The van der Waals surface area contributed by atoms with Gasteiger partial charge in [0, 0.05) is 31.1 Å². The summed E-state index contributed by atoms with van der Waals surface area (Å²) in [6.45, 7) is 4.40. The SMILES string of the molecule is CC1CN(C(=O)c2n[nH]c3ccccc23)CCN1.Cl. The quantitative estimate of drug-likeness (QED) is 0.830. The zero-order valence-electron chi connectivity index (χ0n) is 10.7. The van der Waals surface area contributed by atoms with Crippen molar-refractivity contribution in [2.24, 2.45) is 0 Å². The molecule has 0 spiro atoms. The lowest BCUT2D eigenvalue weighted by Crippen LogP contribution is -2.51. The number of benzene rings is 1. The highest BCUT2D eigenvalue weighted by atomic mass is 35.5. The summed E-state index contributed by atoms with van der Waals surface area (Å²) in [5.41, 5.74) is 1.43. The Labute approximate surface area is 117 Å². The minimum atomic E-state index is 0. The van der Waals surface area contributed by atoms with Gasteiger partial charge in [0.15, 0.2) is 5.69 Å². The first-order valence-electron chi connectivity index (χ1n) is 6.21. The number of fused-ring (bicyclic) bond motifs is 1. The van der Waals surface area contributed by atoms with E-state index in [1.165, 1.54) is 0 Å². The fraction of sp³-hybridized carbons (Fsp3) is 0.385. The number of amides is 1. The Hall–Kier alpha value is -1.59. The van der Waals surface area contributed by atoms with Gasteiger partial charge in [-0.05, 0) is 13.0 Å². The summed E-state index contributed by atoms with van der Waals surface area (Å²) >= 11 is 0. The summed E-state index contributed by atoms with van der Waals surface area (Å²) in [6.07, 6.45) is 0. The van der Waals surface area contributed by atoms with Crippen LogP contribution in [0, 0.1) is 0 Å². The molecule has 0 aliphatic carbocycles. The maximum Gasteiger partial charge on any atom is 0.275 e. The first kappa shape index (κ1) is 13.8. The van der Waals surface area contributed by atoms with Crippen LogP contribution >= 0.6 is 12.4 Å². The predicted molar refractivity (Wildman–Crippen MR) is 76.7 cm³/mol. The van der Waals surface area contributed by atoms with Gasteiger partial charge in [-0.15, -0.1) is 12.4 Å². The van der Waals surface area contributed by atoms with Gasteiger partial charge in [0.2, 0.25) is 0 Å². The van der Waals surface area contributed by atoms with Crippen LogP contribution in [0.15, 0.2) is 24.3 Å². The van der Waals surface area contributed by atoms with E-state index in [0.717, 1.165) is 30.5 Å². The lowest BCUT2D eigenvalue weighted by molar-refractivity contribution is 0.0705. The molecule has 5 nitrogen and oxygen atoms in total. The third-order valence-corrected chi connectivity index (χ3v) is 3.33. The third-order valence-electron chi connectivity index (χ3n) is 3.33. The van der Waals surface area contributed by atoms with Gasteiger partial charge in [0.1, 0.15) is 0 Å². The molecule has 0 radical (unpaired) electrons. The van der Waals surface area contributed by atoms with Crippen LogP contribution in [0.25, 0.3) is 10.9 Å². The largest absolute Gasteiger partial charge is 0.334 e. The second-order valence-corrected chi connectivity index (χ2v) is 4.72. The van der Waals surface area contributed by atoms with Crippen LogP contribution in [-0.2, 0) is 0 Å². The number of aromatic amines is 1. The number of hydrogen-bond donors (Lipinski definition) is 2. The molecule has 1 fully saturated rings. The molecule has 2 heterocycles. The number of carbonyl (C=O) groups excluding carboxylic acids is 1. The molecule has 2 aromatic rings. The number of nitrogens with one attached hydrogen (secondary N) is 2. The summed E-state index contributed by atoms with van der Waals surface area (Å²) in [5, 5.41) is 11.3. The number of halogens is 1. The maximum atomic E-state index is 12.4. The number of hydrogen-bond acceptors (Lipinski definition) is 3. The van der Waals surface area contributed by atoms with Crippen molar-refractivity contribution < 1.29 is 4.79 Å². The number of rotatable bonds is 1. The van der Waals surface area contributed by atoms with E-state index < -0.39 is 0 Å². The normalized spacial score (nSPS) is 19.2. The molecule has 1 unspecified atom stereocenters. The Kier molecular flexibility index (Phi) is 4.07. The molecule has 19 heavy (non-hydrogen) atoms. The van der Waals surface area contributed by atoms with E-state index in [4.69, 9.17) is 0 Å². The van der Waals surface area contributed by atoms with E-state index in [-0.39, 0.29) is 18.3 Å². The molecule has 1 saturated heterocycles. The fourth-order valence-corrected chi connectivity index (χ4v) is 2.39. The molecule has 6 heteroatoms. The van der Waals surface area contributed by atoms with Crippen LogP contribution in [0.3, 0.4) is 0 Å². The number of piperazine rings is 1. The molecule has 1 aromatic heterocycles. The minimum Gasteiger partial charge on any atom is -0.334 e. The van der Waals surface area contributed by atoms with E-state index in [0.29, 0.717) is 11.7 Å². The first-order chi connectivity index (χ1) is 8.75. The topological polar surface area (TPSA) is 61.0 Å². The number of para-hydroxylation sites is 1. The van der Waals surface area contributed by atoms with Crippen molar-refractivity contribution in [2.45, 2.75) is 13.0 Å². The maximum absolute atomic E-state index is 12.4. The third kappa shape index (κ3) is 2.57. The van der Waals surface area contributed by atoms with E-state index in [1.807, 2.05) is 29.2 Å². The van der Waals surface area contributed by atoms with E-state index >= 15 is 0 Å². The molecule has 102 valence electrons. The van der Waals surface area contributed by atoms with Crippen molar-refractivity contribution in [1.29, 1.82) is 0 Å². The van der Waals surface area contributed by atoms with Gasteiger partial charge in [0.25, 0.3) is 5.91 Å². The predicted octanol–water partition coefficient (Wildman–Crippen LogP) is 1.42. The summed E-state index contributed by atoms with van der Waals surface area (Å²) in [4.78, 5) is 14.3. The average molecular weight is 281 g/mol. The van der Waals surface area contributed by atoms with Gasteiger partial charge >= 0.3 is 0 Å². The van der Waals surface area contributed by atoms with Crippen LogP contribution in [-0.4, -0.2) is 46.7 Å². The molecule has 1 aliphatic rings. The van der Waals surface area contributed by atoms with Gasteiger partial charge in [-0.2, -0.15) is 5.10 Å². The van der Waals surface area contributed by atoms with Crippen LogP contribution in [0.4, 0.5) is 0 Å². The van der Waals surface area contributed by atoms with E-state index in [1.54, 1.807) is 0 Å². The highest BCUT2D eigenvalue weighted by molar-refractivity contribution is 6.04. The van der Waals surface area contributed by atoms with Crippen LogP contribution < -0.4 is 5.32 Å². The second kappa shape index (κ2) is 5.59. The highest BCUT2D eigenvalue weighted by Crippen LogP contribution is 2.17. The molecule has 1 amide bonds. The van der Waals surface area contributed by atoms with Gasteiger partial charge in [-0.25, -0.2) is 0 Å². The van der Waals surface area contributed by atoms with Gasteiger partial charge in [-0.1, -0.05) is 18.2 Å². The fourth-order valence-electron chi connectivity index (χ4n) is 2.39. The molecular weight excluding hydrogens is 264 g/mol. The molecule has 1 aliphatic heterocycles. The van der Waals surface area contributed by atoms with Crippen LogP contribution in [0.5, 0.6) is 0 Å². The van der Waals surface area contributed by atoms with Crippen molar-refractivity contribution in [2.75, 3.05) is 19.6 Å². The van der Waals surface area contributed by atoms with Crippen molar-refractivity contribution in [1.82, 2.24) is 20.4 Å². The monoisotopic (exact) mass is 280 g/mol. The molecule has 3 rings (SSSR count). The number of H-pyrrole nitrogens is 1. The molecule has 1 atom stereocenters. The Morgan fingerprint density at radius 1 is 1.42 bits per heavy atom. The van der Waals surface area contributed by atoms with Crippen LogP contribution in [0.2, 0.25) is 0 Å².